The van der Waals surface area contributed by atoms with Crippen LogP contribution in [0.5, 0.6) is 0 Å². The van der Waals surface area contributed by atoms with Crippen LogP contribution in [0.15, 0.2) is 11.6 Å². The van der Waals surface area contributed by atoms with Gasteiger partial charge in [0.2, 0.25) is 0 Å². The molecule has 1 fully saturated rings. The summed E-state index contributed by atoms with van der Waals surface area (Å²) < 4.78 is 0.715. The molecule has 0 aromatic carbocycles. The van der Waals surface area contributed by atoms with Crippen LogP contribution >= 0.6 is 23.5 Å². The van der Waals surface area contributed by atoms with Crippen molar-refractivity contribution >= 4 is 23.5 Å². The third-order valence-electron chi connectivity index (χ3n) is 4.01. The molecule has 2 aliphatic carbocycles. The molecule has 0 radical (unpaired) electrons. The molecule has 0 heterocycles. The van der Waals surface area contributed by atoms with Crippen LogP contribution in [0.25, 0.3) is 0 Å². The summed E-state index contributed by atoms with van der Waals surface area (Å²) in [5, 5.41) is 0. The zero-order chi connectivity index (χ0) is 10.3. The minimum absolute atomic E-state index is 0.614. The SMILES string of the molecule is CSC(SC)C1=CC2C(CC1)C2(C)C. The highest BCUT2D eigenvalue weighted by Crippen LogP contribution is 2.64. The maximum atomic E-state index is 2.59. The smallest absolute Gasteiger partial charge is 0.0705 e. The van der Waals surface area contributed by atoms with Gasteiger partial charge in [-0.25, -0.2) is 0 Å². The highest BCUT2D eigenvalue weighted by molar-refractivity contribution is 8.16. The minimum atomic E-state index is 0.614. The van der Waals surface area contributed by atoms with E-state index in [9.17, 15) is 0 Å². The fraction of sp³-hybridized carbons (Fsp3) is 0.833. The number of fused-ring (bicyclic) bond motifs is 1. The monoisotopic (exact) mass is 228 g/mol. The van der Waals surface area contributed by atoms with Crippen LogP contribution in [0.3, 0.4) is 0 Å². The van der Waals surface area contributed by atoms with Gasteiger partial charge in [0.1, 0.15) is 0 Å². The molecule has 2 aliphatic rings. The molecule has 0 aliphatic heterocycles. The van der Waals surface area contributed by atoms with Crippen LogP contribution in [0.4, 0.5) is 0 Å². The standard InChI is InChI=1S/C12H20S2/c1-12(2)9-6-5-8(7-10(9)12)11(13-3)14-4/h7,9-11H,5-6H2,1-4H3. The lowest BCUT2D eigenvalue weighted by molar-refractivity contribution is 0.533. The van der Waals surface area contributed by atoms with E-state index in [0.29, 0.717) is 10.00 Å². The van der Waals surface area contributed by atoms with Crippen molar-refractivity contribution in [3.63, 3.8) is 0 Å². The molecule has 2 atom stereocenters. The molecule has 0 nitrogen and oxygen atoms in total. The van der Waals surface area contributed by atoms with E-state index in [4.69, 9.17) is 0 Å². The highest BCUT2D eigenvalue weighted by atomic mass is 32.2. The Kier molecular flexibility index (Phi) is 2.96. The van der Waals surface area contributed by atoms with Crippen LogP contribution in [0, 0.1) is 17.3 Å². The number of hydrogen-bond donors (Lipinski definition) is 0. The van der Waals surface area contributed by atoms with E-state index < -0.39 is 0 Å². The van der Waals surface area contributed by atoms with Crippen molar-refractivity contribution in [2.45, 2.75) is 31.3 Å². The maximum absolute atomic E-state index is 2.59. The predicted octanol–water partition coefficient (Wildman–Crippen LogP) is 4.03. The van der Waals surface area contributed by atoms with Gasteiger partial charge in [0, 0.05) is 0 Å². The Labute approximate surface area is 96.3 Å². The summed E-state index contributed by atoms with van der Waals surface area (Å²) in [6.45, 7) is 4.85. The van der Waals surface area contributed by atoms with Gasteiger partial charge in [0.05, 0.1) is 4.58 Å². The van der Waals surface area contributed by atoms with Crippen molar-refractivity contribution in [2.75, 3.05) is 12.5 Å². The average Bonchev–Trinajstić information content (AvgIpc) is 2.71. The summed E-state index contributed by atoms with van der Waals surface area (Å²) in [7, 11) is 0. The molecule has 2 heteroatoms. The van der Waals surface area contributed by atoms with Crippen molar-refractivity contribution in [3.8, 4) is 0 Å². The second-order valence-corrected chi connectivity index (χ2v) is 7.22. The first-order valence-corrected chi connectivity index (χ1v) is 7.95. The molecular weight excluding hydrogens is 208 g/mol. The summed E-state index contributed by atoms with van der Waals surface area (Å²) in [5.41, 5.74) is 2.32. The van der Waals surface area contributed by atoms with Gasteiger partial charge in [0.15, 0.2) is 0 Å². The van der Waals surface area contributed by atoms with E-state index in [-0.39, 0.29) is 0 Å². The lowest BCUT2D eigenvalue weighted by atomic mass is 10.0. The summed E-state index contributed by atoms with van der Waals surface area (Å²) >= 11 is 3.98. The second kappa shape index (κ2) is 3.79. The highest BCUT2D eigenvalue weighted by Gasteiger charge is 2.57. The predicted molar refractivity (Wildman–Crippen MR) is 68.9 cm³/mol. The zero-order valence-corrected chi connectivity index (χ0v) is 11.2. The first-order valence-electron chi connectivity index (χ1n) is 5.37. The van der Waals surface area contributed by atoms with E-state index in [1.54, 1.807) is 5.57 Å². The van der Waals surface area contributed by atoms with Crippen molar-refractivity contribution in [1.82, 2.24) is 0 Å². The maximum Gasteiger partial charge on any atom is 0.0705 e. The molecule has 0 aromatic heterocycles. The Hall–Kier alpha value is 0.440. The molecule has 1 saturated carbocycles. The fourth-order valence-electron chi connectivity index (χ4n) is 2.90. The van der Waals surface area contributed by atoms with Crippen molar-refractivity contribution in [2.24, 2.45) is 17.3 Å². The van der Waals surface area contributed by atoms with Gasteiger partial charge in [0.25, 0.3) is 0 Å². The van der Waals surface area contributed by atoms with Crippen LogP contribution in [-0.4, -0.2) is 17.1 Å². The number of allylic oxidation sites excluding steroid dienone is 1. The quantitative estimate of drug-likeness (QED) is 0.528. The molecule has 14 heavy (non-hydrogen) atoms. The van der Waals surface area contributed by atoms with E-state index >= 15 is 0 Å². The van der Waals surface area contributed by atoms with Crippen LogP contribution < -0.4 is 0 Å². The van der Waals surface area contributed by atoms with E-state index in [0.717, 1.165) is 11.8 Å². The topological polar surface area (TPSA) is 0 Å². The summed E-state index contributed by atoms with van der Waals surface area (Å²) in [5.74, 6) is 1.89. The third-order valence-corrected chi connectivity index (χ3v) is 6.62. The van der Waals surface area contributed by atoms with E-state index in [2.05, 4.69) is 32.4 Å². The Morgan fingerprint density at radius 2 is 2.00 bits per heavy atom. The molecule has 0 amide bonds. The number of thioether (sulfide) groups is 2. The lowest BCUT2D eigenvalue weighted by Crippen LogP contribution is -2.05. The van der Waals surface area contributed by atoms with Gasteiger partial charge in [-0.3, -0.25) is 0 Å². The Morgan fingerprint density at radius 3 is 2.50 bits per heavy atom. The van der Waals surface area contributed by atoms with Gasteiger partial charge in [-0.15, -0.1) is 23.5 Å². The Morgan fingerprint density at radius 1 is 1.36 bits per heavy atom. The van der Waals surface area contributed by atoms with Crippen molar-refractivity contribution < 1.29 is 0 Å². The van der Waals surface area contributed by atoms with E-state index in [1.807, 2.05) is 23.5 Å². The average molecular weight is 228 g/mol. The summed E-state index contributed by atoms with van der Waals surface area (Å²) in [6.07, 6.45) is 9.82. The number of rotatable bonds is 3. The molecule has 0 spiro atoms. The molecule has 2 rings (SSSR count). The molecule has 2 unspecified atom stereocenters. The first kappa shape index (κ1) is 10.9. The van der Waals surface area contributed by atoms with Crippen LogP contribution in [0.1, 0.15) is 26.7 Å². The lowest BCUT2D eigenvalue weighted by Gasteiger charge is -2.19. The molecular formula is C12H20S2. The van der Waals surface area contributed by atoms with Gasteiger partial charge in [-0.05, 0) is 42.6 Å². The zero-order valence-electron chi connectivity index (χ0n) is 9.54. The first-order chi connectivity index (χ1) is 6.61. The largest absolute Gasteiger partial charge is 0.147 e. The molecule has 0 saturated heterocycles. The summed E-state index contributed by atoms with van der Waals surface area (Å²) in [6, 6.07) is 0. The third kappa shape index (κ3) is 1.65. The van der Waals surface area contributed by atoms with Gasteiger partial charge >= 0.3 is 0 Å². The fourth-order valence-corrected chi connectivity index (χ4v) is 4.67. The van der Waals surface area contributed by atoms with Crippen molar-refractivity contribution in [1.29, 1.82) is 0 Å². The van der Waals surface area contributed by atoms with Crippen LogP contribution in [0.2, 0.25) is 0 Å². The molecule has 0 N–H and O–H groups in total. The Balaban J connectivity index is 2.09. The van der Waals surface area contributed by atoms with Gasteiger partial charge < -0.3 is 0 Å². The second-order valence-electron chi connectivity index (χ2n) is 5.04. The molecule has 0 aromatic rings. The minimum Gasteiger partial charge on any atom is -0.147 e. The summed E-state index contributed by atoms with van der Waals surface area (Å²) in [4.78, 5) is 0. The van der Waals surface area contributed by atoms with Crippen LogP contribution in [-0.2, 0) is 0 Å². The van der Waals surface area contributed by atoms with Crippen molar-refractivity contribution in [3.05, 3.63) is 11.6 Å². The van der Waals surface area contributed by atoms with E-state index in [1.165, 1.54) is 12.8 Å². The van der Waals surface area contributed by atoms with Gasteiger partial charge in [-0.1, -0.05) is 25.5 Å². The molecule has 0 bridgehead atoms. The molecule has 80 valence electrons. The number of hydrogen-bond acceptors (Lipinski definition) is 2. The Bertz CT molecular complexity index is 251. The normalized spacial score (nSPS) is 33.9. The van der Waals surface area contributed by atoms with Gasteiger partial charge in [-0.2, -0.15) is 0 Å².